The summed E-state index contributed by atoms with van der Waals surface area (Å²) in [6.07, 6.45) is -2.69. The molecule has 0 amide bonds. The molecular weight excluding hydrogens is 465 g/mol. The molecule has 0 saturated heterocycles. The van der Waals surface area contributed by atoms with Gasteiger partial charge in [-0.3, -0.25) is 4.79 Å². The number of aliphatic carboxylic acids is 1. The minimum absolute atomic E-state index is 0.0204. The zero-order valence-corrected chi connectivity index (χ0v) is 19.5. The number of fused-ring (bicyclic) bond motifs is 2. The lowest BCUT2D eigenvalue weighted by Crippen LogP contribution is -2.27. The maximum Gasteiger partial charge on any atom is 0.437 e. The molecule has 0 fully saturated rings. The lowest BCUT2D eigenvalue weighted by molar-refractivity contribution is -0.141. The van der Waals surface area contributed by atoms with Crippen molar-refractivity contribution in [3.05, 3.63) is 47.2 Å². The Labute approximate surface area is 200 Å². The molecule has 188 valence electrons. The second-order valence-electron chi connectivity index (χ2n) is 8.74. The Bertz CT molecular complexity index is 1210. The molecule has 0 spiro atoms. The Morgan fingerprint density at radius 2 is 1.94 bits per heavy atom. The number of benzene rings is 2. The van der Waals surface area contributed by atoms with Gasteiger partial charge in [0.05, 0.1) is 18.6 Å². The van der Waals surface area contributed by atoms with Crippen LogP contribution < -0.4 is 14.4 Å². The smallest absolute Gasteiger partial charge is 0.437 e. The van der Waals surface area contributed by atoms with Crippen LogP contribution in [0.4, 0.5) is 18.9 Å². The molecule has 1 atom stereocenters. The van der Waals surface area contributed by atoms with Crippen LogP contribution in [0.1, 0.15) is 37.1 Å². The fourth-order valence-electron chi connectivity index (χ4n) is 4.31. The molecule has 0 radical (unpaired) electrons. The van der Waals surface area contributed by atoms with Crippen LogP contribution in [0.3, 0.4) is 0 Å². The van der Waals surface area contributed by atoms with Gasteiger partial charge < -0.3 is 24.0 Å². The lowest BCUT2D eigenvalue weighted by Gasteiger charge is -2.19. The predicted molar refractivity (Wildman–Crippen MR) is 123 cm³/mol. The number of hydrogen-bond acceptors (Lipinski definition) is 6. The van der Waals surface area contributed by atoms with Crippen molar-refractivity contribution in [3.8, 4) is 11.5 Å². The fourth-order valence-corrected chi connectivity index (χ4v) is 4.31. The molecule has 0 saturated carbocycles. The van der Waals surface area contributed by atoms with E-state index in [1.54, 1.807) is 0 Å². The number of carboxylic acid groups (broad SMARTS) is 1. The molecule has 7 nitrogen and oxygen atoms in total. The van der Waals surface area contributed by atoms with Gasteiger partial charge >= 0.3 is 12.1 Å². The summed E-state index contributed by atoms with van der Waals surface area (Å²) in [6.45, 7) is 5.11. The minimum Gasteiger partial charge on any atom is -0.493 e. The first kappa shape index (κ1) is 24.7. The predicted octanol–water partition coefficient (Wildman–Crippen LogP) is 5.34. The quantitative estimate of drug-likeness (QED) is 0.409. The van der Waals surface area contributed by atoms with Gasteiger partial charge in [-0.2, -0.15) is 13.2 Å². The number of alkyl halides is 3. The van der Waals surface area contributed by atoms with E-state index in [0.29, 0.717) is 50.3 Å². The largest absolute Gasteiger partial charge is 0.493 e. The lowest BCUT2D eigenvalue weighted by atomic mass is 10.0. The fraction of sp³-hybridized carbons (Fsp3) is 0.440. The minimum atomic E-state index is -4.59. The molecule has 3 aromatic rings. The third kappa shape index (κ3) is 5.31. The number of aromatic nitrogens is 1. The summed E-state index contributed by atoms with van der Waals surface area (Å²) in [5.41, 5.74) is 1.50. The molecule has 1 aliphatic heterocycles. The van der Waals surface area contributed by atoms with Crippen LogP contribution in [0.25, 0.3) is 11.0 Å². The van der Waals surface area contributed by atoms with Crippen molar-refractivity contribution in [2.24, 2.45) is 5.92 Å². The zero-order chi connectivity index (χ0) is 25.2. The molecule has 0 aliphatic carbocycles. The van der Waals surface area contributed by atoms with Crippen molar-refractivity contribution in [1.29, 1.82) is 0 Å². The zero-order valence-electron chi connectivity index (χ0n) is 19.5. The van der Waals surface area contributed by atoms with Crippen LogP contribution in [-0.2, 0) is 23.8 Å². The van der Waals surface area contributed by atoms with Gasteiger partial charge in [0, 0.05) is 29.3 Å². The van der Waals surface area contributed by atoms with E-state index < -0.39 is 17.8 Å². The number of rotatable bonds is 10. The van der Waals surface area contributed by atoms with Crippen LogP contribution in [-0.4, -0.2) is 42.5 Å². The van der Waals surface area contributed by atoms with Crippen LogP contribution in [0, 0.1) is 5.92 Å². The van der Waals surface area contributed by atoms with Crippen LogP contribution >= 0.6 is 0 Å². The Morgan fingerprint density at radius 3 is 2.63 bits per heavy atom. The van der Waals surface area contributed by atoms with E-state index in [0.717, 1.165) is 17.0 Å². The highest BCUT2D eigenvalue weighted by Crippen LogP contribution is 2.38. The number of carboxylic acids is 1. The summed E-state index contributed by atoms with van der Waals surface area (Å²) in [7, 11) is 0. The first-order valence-corrected chi connectivity index (χ1v) is 11.5. The molecule has 4 rings (SSSR count). The second-order valence-corrected chi connectivity index (χ2v) is 8.74. The van der Waals surface area contributed by atoms with Crippen LogP contribution in [0.5, 0.6) is 11.5 Å². The van der Waals surface area contributed by atoms with Crippen LogP contribution in [0.15, 0.2) is 34.9 Å². The van der Waals surface area contributed by atoms with Gasteiger partial charge in [0.15, 0.2) is 11.3 Å². The molecule has 1 unspecified atom stereocenters. The number of carbonyl (C=O) groups is 1. The monoisotopic (exact) mass is 492 g/mol. The topological polar surface area (TPSA) is 85.0 Å². The maximum absolute atomic E-state index is 13.2. The molecule has 35 heavy (non-hydrogen) atoms. The summed E-state index contributed by atoms with van der Waals surface area (Å²) < 4.78 is 56.7. The van der Waals surface area contributed by atoms with Gasteiger partial charge in [-0.15, -0.1) is 0 Å². The molecule has 10 heteroatoms. The van der Waals surface area contributed by atoms with E-state index >= 15 is 0 Å². The summed E-state index contributed by atoms with van der Waals surface area (Å²) >= 11 is 0. The van der Waals surface area contributed by atoms with Gasteiger partial charge in [0.1, 0.15) is 18.0 Å². The van der Waals surface area contributed by atoms with E-state index in [1.807, 2.05) is 36.9 Å². The number of aryl methyl sites for hydroxylation is 1. The molecule has 2 heterocycles. The van der Waals surface area contributed by atoms with Crippen molar-refractivity contribution < 1.29 is 37.1 Å². The average Bonchev–Trinajstić information content (AvgIpc) is 3.42. The Morgan fingerprint density at radius 1 is 1.20 bits per heavy atom. The third-order valence-electron chi connectivity index (χ3n) is 5.92. The van der Waals surface area contributed by atoms with E-state index in [2.05, 4.69) is 5.16 Å². The van der Waals surface area contributed by atoms with Gasteiger partial charge in [-0.25, -0.2) is 0 Å². The SMILES string of the molecule is CCCc1c(OCC(C)COc2cccc3c2CCN3CC(=O)O)ccc2c(C(F)(F)F)noc12. The van der Waals surface area contributed by atoms with Crippen molar-refractivity contribution >= 4 is 22.6 Å². The summed E-state index contributed by atoms with van der Waals surface area (Å²) in [5, 5.41) is 12.3. The normalized spacial score (nSPS) is 14.3. The van der Waals surface area contributed by atoms with E-state index in [1.165, 1.54) is 12.1 Å². The van der Waals surface area contributed by atoms with Gasteiger partial charge in [-0.05, 0) is 37.1 Å². The van der Waals surface area contributed by atoms with Crippen molar-refractivity contribution in [2.45, 2.75) is 39.3 Å². The summed E-state index contributed by atoms with van der Waals surface area (Å²) in [6, 6.07) is 8.47. The molecule has 1 aliphatic rings. The molecular formula is C25H27F3N2O5. The number of anilines is 1. The van der Waals surface area contributed by atoms with Crippen molar-refractivity contribution in [3.63, 3.8) is 0 Å². The van der Waals surface area contributed by atoms with Crippen molar-refractivity contribution in [1.82, 2.24) is 5.16 Å². The highest BCUT2D eigenvalue weighted by Gasteiger charge is 2.37. The first-order chi connectivity index (χ1) is 16.7. The Hall–Kier alpha value is -3.43. The summed E-state index contributed by atoms with van der Waals surface area (Å²) in [5.74, 6) is 0.293. The Balaban J connectivity index is 1.42. The highest BCUT2D eigenvalue weighted by molar-refractivity contribution is 5.85. The molecule has 0 bridgehead atoms. The van der Waals surface area contributed by atoms with E-state index in [9.17, 15) is 18.0 Å². The maximum atomic E-state index is 13.2. The molecule has 1 N–H and O–H groups in total. The number of ether oxygens (including phenoxy) is 2. The van der Waals surface area contributed by atoms with Gasteiger partial charge in [0.25, 0.3) is 0 Å². The van der Waals surface area contributed by atoms with E-state index in [4.69, 9.17) is 19.1 Å². The third-order valence-corrected chi connectivity index (χ3v) is 5.92. The number of hydrogen-bond donors (Lipinski definition) is 1. The van der Waals surface area contributed by atoms with E-state index in [-0.39, 0.29) is 23.4 Å². The number of halogens is 3. The average molecular weight is 492 g/mol. The van der Waals surface area contributed by atoms with Gasteiger partial charge in [0.2, 0.25) is 0 Å². The second kappa shape index (κ2) is 10.1. The van der Waals surface area contributed by atoms with Crippen LogP contribution in [0.2, 0.25) is 0 Å². The van der Waals surface area contributed by atoms with Crippen molar-refractivity contribution in [2.75, 3.05) is 31.2 Å². The standard InChI is InChI=1S/C25H27F3N2O5/c1-3-5-17-21(9-8-18-23(17)35-29-24(18)25(26,27)28)34-14-15(2)13-33-20-7-4-6-19-16(20)10-11-30(19)12-22(31)32/h4,6-9,15H,3,5,10-14H2,1-2H3,(H,31,32). The van der Waals surface area contributed by atoms with Gasteiger partial charge in [-0.1, -0.05) is 31.5 Å². The highest BCUT2D eigenvalue weighted by atomic mass is 19.4. The Kier molecular flexibility index (Phi) is 7.09. The molecule has 2 aromatic carbocycles. The molecule has 1 aromatic heterocycles. The first-order valence-electron chi connectivity index (χ1n) is 11.5. The summed E-state index contributed by atoms with van der Waals surface area (Å²) in [4.78, 5) is 12.9. The number of nitrogens with zero attached hydrogens (tertiary/aromatic N) is 2.